The van der Waals surface area contributed by atoms with Gasteiger partial charge in [-0.05, 0) is 43.2 Å². The third-order valence-electron chi connectivity index (χ3n) is 5.82. The molecule has 1 aromatic rings. The highest BCUT2D eigenvalue weighted by molar-refractivity contribution is 7.93. The Morgan fingerprint density at radius 1 is 1.28 bits per heavy atom. The zero-order chi connectivity index (χ0) is 21.6. The number of anilines is 1. The summed E-state index contributed by atoms with van der Waals surface area (Å²) in [6.45, 7) is 2.24. The molecule has 0 N–H and O–H groups in total. The van der Waals surface area contributed by atoms with E-state index < -0.39 is 44.9 Å². The minimum absolute atomic E-state index is 0.107. The van der Waals surface area contributed by atoms with Gasteiger partial charge in [0, 0.05) is 37.3 Å². The maximum atomic E-state index is 13.9. The zero-order valence-corrected chi connectivity index (χ0v) is 16.6. The second kappa shape index (κ2) is 7.16. The summed E-state index contributed by atoms with van der Waals surface area (Å²) < 4.78 is 63.7. The van der Waals surface area contributed by atoms with Crippen LogP contribution in [0, 0.1) is 5.92 Å². The second-order valence-electron chi connectivity index (χ2n) is 7.38. The lowest BCUT2D eigenvalue weighted by Gasteiger charge is -2.38. The average molecular weight is 430 g/mol. The number of amides is 2. The van der Waals surface area contributed by atoms with E-state index in [0.29, 0.717) is 5.69 Å². The minimum atomic E-state index is -4.95. The van der Waals surface area contributed by atoms with Gasteiger partial charge in [-0.25, -0.2) is 8.42 Å². The van der Waals surface area contributed by atoms with E-state index in [-0.39, 0.29) is 30.9 Å². The van der Waals surface area contributed by atoms with Crippen molar-refractivity contribution in [3.8, 4) is 0 Å². The number of hydrogen-bond donors (Lipinski definition) is 0. The summed E-state index contributed by atoms with van der Waals surface area (Å²) in [7, 11) is -2.91. The van der Waals surface area contributed by atoms with Gasteiger partial charge >= 0.3 is 6.18 Å². The fraction of sp³-hybridized carbons (Fsp3) is 0.474. The van der Waals surface area contributed by atoms with Gasteiger partial charge in [0.1, 0.15) is 0 Å². The van der Waals surface area contributed by atoms with Crippen LogP contribution in [0.3, 0.4) is 0 Å². The van der Waals surface area contributed by atoms with Gasteiger partial charge in [-0.15, -0.1) is 0 Å². The van der Waals surface area contributed by atoms with E-state index in [1.807, 2.05) is 0 Å². The molecule has 29 heavy (non-hydrogen) atoms. The van der Waals surface area contributed by atoms with Crippen molar-refractivity contribution in [3.63, 3.8) is 0 Å². The predicted octanol–water partition coefficient (Wildman–Crippen LogP) is 2.42. The van der Waals surface area contributed by atoms with Crippen molar-refractivity contribution >= 4 is 27.3 Å². The van der Waals surface area contributed by atoms with Crippen molar-refractivity contribution in [2.24, 2.45) is 5.92 Å². The topological polar surface area (TPSA) is 74.8 Å². The molecular formula is C19H21F3N2O4S. The Balaban J connectivity index is 1.88. The largest absolute Gasteiger partial charge is 0.410 e. The number of carbonyl (C=O) groups is 2. The van der Waals surface area contributed by atoms with E-state index in [1.54, 1.807) is 0 Å². The van der Waals surface area contributed by atoms with Crippen molar-refractivity contribution in [1.29, 1.82) is 0 Å². The monoisotopic (exact) mass is 430 g/mol. The number of fused-ring (bicyclic) bond motifs is 1. The van der Waals surface area contributed by atoms with Crippen molar-refractivity contribution < 1.29 is 31.2 Å². The molecule has 2 amide bonds. The molecule has 2 aliphatic heterocycles. The van der Waals surface area contributed by atoms with E-state index in [0.717, 1.165) is 11.0 Å². The molecule has 0 aromatic heterocycles. The highest BCUT2D eigenvalue weighted by Gasteiger charge is 2.72. The Morgan fingerprint density at radius 2 is 1.90 bits per heavy atom. The summed E-state index contributed by atoms with van der Waals surface area (Å²) in [6.07, 6.45) is -3.56. The van der Waals surface area contributed by atoms with Gasteiger partial charge in [0.15, 0.2) is 14.6 Å². The zero-order valence-electron chi connectivity index (χ0n) is 15.8. The van der Waals surface area contributed by atoms with Crippen molar-refractivity contribution in [1.82, 2.24) is 4.90 Å². The number of rotatable bonds is 3. The number of nitrogens with zero attached hydrogens (tertiary/aromatic N) is 2. The number of likely N-dealkylation sites (tertiary alicyclic amines) is 1. The number of alkyl halides is 3. The average Bonchev–Trinajstić information content (AvgIpc) is 3.08. The van der Waals surface area contributed by atoms with Crippen LogP contribution in [0.1, 0.15) is 23.2 Å². The summed E-state index contributed by atoms with van der Waals surface area (Å²) >= 11 is 0. The molecule has 0 radical (unpaired) electrons. The number of benzene rings is 1. The molecule has 2 atom stereocenters. The molecule has 6 nitrogen and oxygen atoms in total. The van der Waals surface area contributed by atoms with Crippen LogP contribution in [0.2, 0.25) is 0 Å². The summed E-state index contributed by atoms with van der Waals surface area (Å²) in [5.41, 5.74) is 0.609. The van der Waals surface area contributed by atoms with Gasteiger partial charge in [0.2, 0.25) is 5.91 Å². The third kappa shape index (κ3) is 3.33. The summed E-state index contributed by atoms with van der Waals surface area (Å²) in [5, 5.41) is 0. The number of likely N-dealkylation sites (N-methyl/N-ethyl adjacent to an activating group) is 1. The van der Waals surface area contributed by atoms with Gasteiger partial charge in [-0.3, -0.25) is 9.59 Å². The SMILES string of the molecule is C=CC(=O)N(C)c1ccc(C(=O)N2CC3CCCS(=O)(=O)C3(C(F)(F)F)C2)cc1. The number of halogens is 3. The quantitative estimate of drug-likeness (QED) is 0.691. The highest BCUT2D eigenvalue weighted by atomic mass is 32.2. The molecule has 3 rings (SSSR count). The maximum Gasteiger partial charge on any atom is 0.410 e. The summed E-state index contributed by atoms with van der Waals surface area (Å²) in [4.78, 5) is 26.7. The first-order valence-electron chi connectivity index (χ1n) is 9.03. The van der Waals surface area contributed by atoms with Gasteiger partial charge in [0.25, 0.3) is 5.91 Å². The lowest BCUT2D eigenvalue weighted by atomic mass is 9.90. The molecular weight excluding hydrogens is 409 g/mol. The number of hydrogen-bond acceptors (Lipinski definition) is 4. The Hall–Kier alpha value is -2.36. The molecule has 2 fully saturated rings. The van der Waals surface area contributed by atoms with Crippen LogP contribution in [-0.2, 0) is 14.6 Å². The van der Waals surface area contributed by atoms with Crippen LogP contribution < -0.4 is 4.90 Å². The normalized spacial score (nSPS) is 25.9. The molecule has 10 heteroatoms. The summed E-state index contributed by atoms with van der Waals surface area (Å²) in [6, 6.07) is 5.80. The van der Waals surface area contributed by atoms with Gasteiger partial charge in [0.05, 0.1) is 5.75 Å². The lowest BCUT2D eigenvalue weighted by Crippen LogP contribution is -2.60. The second-order valence-corrected chi connectivity index (χ2v) is 9.75. The summed E-state index contributed by atoms with van der Waals surface area (Å²) in [5.74, 6) is -2.71. The highest BCUT2D eigenvalue weighted by Crippen LogP contribution is 2.51. The molecule has 2 unspecified atom stereocenters. The lowest BCUT2D eigenvalue weighted by molar-refractivity contribution is -0.168. The Morgan fingerprint density at radius 3 is 2.41 bits per heavy atom. The molecule has 0 bridgehead atoms. The number of sulfone groups is 1. The van der Waals surface area contributed by atoms with Crippen molar-refractivity contribution in [2.45, 2.75) is 23.8 Å². The van der Waals surface area contributed by atoms with E-state index in [4.69, 9.17) is 0 Å². The first kappa shape index (κ1) is 21.4. The molecule has 0 spiro atoms. The van der Waals surface area contributed by atoms with Crippen LogP contribution in [0.15, 0.2) is 36.9 Å². The number of carbonyl (C=O) groups excluding carboxylic acids is 2. The molecule has 0 saturated carbocycles. The van der Waals surface area contributed by atoms with Crippen molar-refractivity contribution in [3.05, 3.63) is 42.5 Å². The van der Waals surface area contributed by atoms with Crippen LogP contribution in [0.5, 0.6) is 0 Å². The Labute approximate surface area is 166 Å². The minimum Gasteiger partial charge on any atom is -0.336 e. The first-order chi connectivity index (χ1) is 13.4. The first-order valence-corrected chi connectivity index (χ1v) is 10.7. The van der Waals surface area contributed by atoms with Crippen LogP contribution in [-0.4, -0.2) is 61.9 Å². The maximum absolute atomic E-state index is 13.9. The van der Waals surface area contributed by atoms with Crippen LogP contribution >= 0.6 is 0 Å². The Kier molecular flexibility index (Phi) is 5.27. The molecule has 2 heterocycles. The van der Waals surface area contributed by atoms with Crippen LogP contribution in [0.25, 0.3) is 0 Å². The fourth-order valence-corrected chi connectivity index (χ4v) is 6.51. The third-order valence-corrected chi connectivity index (χ3v) is 8.45. The standard InChI is InChI=1S/C19H21F3N2O4S/c1-3-16(25)23(2)15-8-6-13(7-9-15)17(26)24-11-14-5-4-10-29(27,28)18(14,12-24)19(20,21)22/h3,6-9,14H,1,4-5,10-12H2,2H3. The smallest absolute Gasteiger partial charge is 0.336 e. The molecule has 2 saturated heterocycles. The van der Waals surface area contributed by atoms with E-state index in [9.17, 15) is 31.2 Å². The van der Waals surface area contributed by atoms with E-state index in [2.05, 4.69) is 6.58 Å². The van der Waals surface area contributed by atoms with E-state index >= 15 is 0 Å². The van der Waals surface area contributed by atoms with Crippen molar-refractivity contribution in [2.75, 3.05) is 30.8 Å². The predicted molar refractivity (Wildman–Crippen MR) is 101 cm³/mol. The fourth-order valence-electron chi connectivity index (χ4n) is 4.20. The molecule has 0 aliphatic carbocycles. The molecule has 158 valence electrons. The van der Waals surface area contributed by atoms with E-state index in [1.165, 1.54) is 36.2 Å². The van der Waals surface area contributed by atoms with Gasteiger partial charge < -0.3 is 9.80 Å². The molecule has 1 aromatic carbocycles. The molecule has 2 aliphatic rings. The Bertz CT molecular complexity index is 943. The van der Waals surface area contributed by atoms with Crippen LogP contribution in [0.4, 0.5) is 18.9 Å². The van der Waals surface area contributed by atoms with Gasteiger partial charge in [-0.1, -0.05) is 6.58 Å². The van der Waals surface area contributed by atoms with Gasteiger partial charge in [-0.2, -0.15) is 13.2 Å².